The first kappa shape index (κ1) is 15.2. The van der Waals surface area contributed by atoms with Crippen molar-refractivity contribution in [3.8, 4) is 0 Å². The molecule has 2 N–H and O–H groups in total. The number of aliphatic carboxylic acids is 1. The Hall–Kier alpha value is -1.19. The number of carboxylic acid groups (broad SMARTS) is 1. The summed E-state index contributed by atoms with van der Waals surface area (Å²) in [4.78, 5) is 35.6. The fraction of sp³-hybridized carbons (Fsp3) is 0.545. The first-order chi connectivity index (χ1) is 9.34. The molecule has 3 atom stereocenters. The van der Waals surface area contributed by atoms with Crippen LogP contribution >= 0.6 is 21.6 Å². The molecule has 0 radical (unpaired) electrons. The average molecular weight is 319 g/mol. The molecule has 1 fully saturated rings. The molecule has 0 spiro atoms. The summed E-state index contributed by atoms with van der Waals surface area (Å²) in [5.74, 6) is -2.79. The predicted molar refractivity (Wildman–Crippen MR) is 72.3 cm³/mol. The van der Waals surface area contributed by atoms with Crippen LogP contribution in [0.3, 0.4) is 0 Å². The molecule has 9 heteroatoms. The van der Waals surface area contributed by atoms with E-state index in [4.69, 9.17) is 4.74 Å². The van der Waals surface area contributed by atoms with Crippen molar-refractivity contribution in [2.45, 2.75) is 25.3 Å². The van der Waals surface area contributed by atoms with Crippen LogP contribution in [-0.4, -0.2) is 51.0 Å². The summed E-state index contributed by atoms with van der Waals surface area (Å²) in [6, 6.07) is 0. The Labute approximate surface area is 122 Å². The van der Waals surface area contributed by atoms with E-state index in [1.54, 1.807) is 0 Å². The van der Waals surface area contributed by atoms with E-state index in [-0.39, 0.29) is 12.3 Å². The maximum atomic E-state index is 12.0. The highest BCUT2D eigenvalue weighted by molar-refractivity contribution is 8.78. The van der Waals surface area contributed by atoms with Gasteiger partial charge in [-0.1, -0.05) is 21.6 Å². The monoisotopic (exact) mass is 319 g/mol. The van der Waals surface area contributed by atoms with Crippen molar-refractivity contribution < 1.29 is 29.3 Å². The Balaban J connectivity index is 2.26. The number of hydrogen-bond acceptors (Lipinski definition) is 7. The molecule has 0 aromatic heterocycles. The van der Waals surface area contributed by atoms with Crippen LogP contribution in [0.15, 0.2) is 10.6 Å². The minimum atomic E-state index is -1.25. The van der Waals surface area contributed by atoms with Crippen molar-refractivity contribution in [3.05, 3.63) is 10.6 Å². The Bertz CT molecular complexity index is 503. The molecule has 0 saturated carbocycles. The SMILES string of the molecule is CC(=O)OCC1=C(C(=O)O)N2C(=O)[C@H]([C@@H](C)O)[C@H]2SS1. The van der Waals surface area contributed by atoms with Gasteiger partial charge in [0.15, 0.2) is 0 Å². The first-order valence-corrected chi connectivity index (χ1v) is 8.00. The summed E-state index contributed by atoms with van der Waals surface area (Å²) in [5.41, 5.74) is -0.165. The van der Waals surface area contributed by atoms with Crippen LogP contribution < -0.4 is 0 Å². The van der Waals surface area contributed by atoms with Crippen molar-refractivity contribution in [1.29, 1.82) is 0 Å². The van der Waals surface area contributed by atoms with Crippen molar-refractivity contribution >= 4 is 39.4 Å². The second-order valence-electron chi connectivity index (χ2n) is 4.40. The number of β-lactam (4-membered cyclic amide) rings is 1. The van der Waals surface area contributed by atoms with Gasteiger partial charge in [-0.05, 0) is 6.92 Å². The molecule has 2 heterocycles. The Morgan fingerprint density at radius 3 is 2.65 bits per heavy atom. The van der Waals surface area contributed by atoms with Crippen LogP contribution in [0.4, 0.5) is 0 Å². The van der Waals surface area contributed by atoms with Gasteiger partial charge in [0.1, 0.15) is 17.7 Å². The number of carboxylic acids is 1. The number of hydrogen-bond donors (Lipinski definition) is 2. The lowest BCUT2D eigenvalue weighted by Crippen LogP contribution is -2.63. The smallest absolute Gasteiger partial charge is 0.353 e. The molecule has 20 heavy (non-hydrogen) atoms. The largest absolute Gasteiger partial charge is 0.477 e. The molecule has 2 aliphatic rings. The van der Waals surface area contributed by atoms with Crippen LogP contribution in [0, 0.1) is 5.92 Å². The highest BCUT2D eigenvalue weighted by atomic mass is 33.1. The lowest BCUT2D eigenvalue weighted by Gasteiger charge is -2.49. The Morgan fingerprint density at radius 1 is 1.50 bits per heavy atom. The average Bonchev–Trinajstić information content (AvgIpc) is 2.34. The number of aliphatic hydroxyl groups is 1. The third-order valence-electron chi connectivity index (χ3n) is 2.97. The summed E-state index contributed by atoms with van der Waals surface area (Å²) >= 11 is 0. The standard InChI is InChI=1S/C11H13NO6S2/c1-4(13)7-9(15)12-8(11(16)17)6(3-18-5(2)14)19-20-10(7)12/h4,7,10,13H,3H2,1-2H3,(H,16,17)/t4-,7+,10-/m1/s1. The second-order valence-corrected chi connectivity index (χ2v) is 6.81. The molecule has 1 amide bonds. The van der Waals surface area contributed by atoms with E-state index >= 15 is 0 Å². The van der Waals surface area contributed by atoms with Crippen LogP contribution in [-0.2, 0) is 19.1 Å². The van der Waals surface area contributed by atoms with Gasteiger partial charge in [0, 0.05) is 6.92 Å². The quantitative estimate of drug-likeness (QED) is 0.436. The first-order valence-electron chi connectivity index (χ1n) is 5.79. The minimum Gasteiger partial charge on any atom is -0.477 e. The van der Waals surface area contributed by atoms with Gasteiger partial charge < -0.3 is 14.9 Å². The van der Waals surface area contributed by atoms with Crippen LogP contribution in [0.2, 0.25) is 0 Å². The van der Waals surface area contributed by atoms with Gasteiger partial charge in [-0.15, -0.1) is 0 Å². The Kier molecular flexibility index (Phi) is 4.31. The topological polar surface area (TPSA) is 104 Å². The van der Waals surface area contributed by atoms with Gasteiger partial charge in [-0.25, -0.2) is 4.79 Å². The summed E-state index contributed by atoms with van der Waals surface area (Å²) in [6.45, 7) is 2.55. The maximum absolute atomic E-state index is 12.0. The Morgan fingerprint density at radius 2 is 2.15 bits per heavy atom. The molecule has 1 saturated heterocycles. The number of aliphatic hydroxyl groups excluding tert-OH is 1. The molecular formula is C11H13NO6S2. The van der Waals surface area contributed by atoms with E-state index in [2.05, 4.69) is 0 Å². The van der Waals surface area contributed by atoms with E-state index < -0.39 is 35.2 Å². The van der Waals surface area contributed by atoms with E-state index in [0.29, 0.717) is 4.91 Å². The van der Waals surface area contributed by atoms with Gasteiger partial charge in [0.25, 0.3) is 0 Å². The van der Waals surface area contributed by atoms with Crippen LogP contribution in [0.5, 0.6) is 0 Å². The summed E-state index contributed by atoms with van der Waals surface area (Å²) in [5, 5.41) is 18.4. The summed E-state index contributed by atoms with van der Waals surface area (Å²) < 4.78 is 4.80. The number of ether oxygens (including phenoxy) is 1. The molecule has 0 aromatic carbocycles. The molecule has 0 unspecified atom stereocenters. The van der Waals surface area contributed by atoms with E-state index in [0.717, 1.165) is 15.7 Å². The van der Waals surface area contributed by atoms with Gasteiger partial charge in [0.05, 0.1) is 16.9 Å². The number of carbonyl (C=O) groups excluding carboxylic acids is 2. The molecule has 0 aliphatic carbocycles. The summed E-state index contributed by atoms with van der Waals surface area (Å²) in [6.07, 6.45) is -0.832. The van der Waals surface area contributed by atoms with Crippen LogP contribution in [0.1, 0.15) is 13.8 Å². The zero-order valence-corrected chi connectivity index (χ0v) is 12.4. The van der Waals surface area contributed by atoms with E-state index in [1.165, 1.54) is 24.6 Å². The lowest BCUT2D eigenvalue weighted by molar-refractivity contribution is -0.157. The van der Waals surface area contributed by atoms with E-state index in [9.17, 15) is 24.6 Å². The third kappa shape index (κ3) is 2.52. The van der Waals surface area contributed by atoms with Gasteiger partial charge in [-0.2, -0.15) is 0 Å². The fourth-order valence-electron chi connectivity index (χ4n) is 2.03. The summed E-state index contributed by atoms with van der Waals surface area (Å²) in [7, 11) is 2.44. The molecule has 2 rings (SSSR count). The number of fused-ring (bicyclic) bond motifs is 1. The fourth-order valence-corrected chi connectivity index (χ4v) is 5.02. The van der Waals surface area contributed by atoms with Crippen molar-refractivity contribution in [2.75, 3.05) is 6.61 Å². The number of nitrogens with zero attached hydrogens (tertiary/aromatic N) is 1. The zero-order chi connectivity index (χ0) is 15.0. The molecule has 0 aromatic rings. The third-order valence-corrected chi connectivity index (χ3v) is 5.76. The van der Waals surface area contributed by atoms with Gasteiger partial charge in [0.2, 0.25) is 5.91 Å². The maximum Gasteiger partial charge on any atom is 0.353 e. The van der Waals surface area contributed by atoms with Crippen LogP contribution in [0.25, 0.3) is 0 Å². The normalized spacial score (nSPS) is 26.8. The van der Waals surface area contributed by atoms with Crippen molar-refractivity contribution in [2.24, 2.45) is 5.92 Å². The molecule has 2 aliphatic heterocycles. The number of esters is 1. The molecular weight excluding hydrogens is 306 g/mol. The highest BCUT2D eigenvalue weighted by Crippen LogP contribution is 2.52. The van der Waals surface area contributed by atoms with E-state index in [1.807, 2.05) is 0 Å². The van der Waals surface area contributed by atoms with Crippen molar-refractivity contribution in [3.63, 3.8) is 0 Å². The van der Waals surface area contributed by atoms with Crippen molar-refractivity contribution in [1.82, 2.24) is 4.90 Å². The predicted octanol–water partition coefficient (Wildman–Crippen LogP) is 0.406. The number of amides is 1. The second kappa shape index (κ2) is 5.66. The van der Waals surface area contributed by atoms with Gasteiger partial charge >= 0.3 is 11.9 Å². The molecule has 7 nitrogen and oxygen atoms in total. The highest BCUT2D eigenvalue weighted by Gasteiger charge is 2.55. The zero-order valence-electron chi connectivity index (χ0n) is 10.7. The minimum absolute atomic E-state index is 0.165. The molecule has 0 bridgehead atoms. The molecule has 110 valence electrons. The number of rotatable bonds is 4. The number of carbonyl (C=O) groups is 3. The lowest BCUT2D eigenvalue weighted by atomic mass is 9.92. The van der Waals surface area contributed by atoms with Gasteiger partial charge in [-0.3, -0.25) is 14.5 Å².